The lowest BCUT2D eigenvalue weighted by atomic mass is 9.93. The first-order valence-electron chi connectivity index (χ1n) is 6.87. The highest BCUT2D eigenvalue weighted by molar-refractivity contribution is 8.02. The Labute approximate surface area is 118 Å². The summed E-state index contributed by atoms with van der Waals surface area (Å²) in [5.74, 6) is 1.61. The highest BCUT2D eigenvalue weighted by atomic mass is 32.2. The van der Waals surface area contributed by atoms with Gasteiger partial charge in [-0.05, 0) is 25.0 Å². The molecule has 4 heteroatoms. The van der Waals surface area contributed by atoms with Crippen molar-refractivity contribution in [3.05, 3.63) is 24.3 Å². The quantitative estimate of drug-likeness (QED) is 0.829. The van der Waals surface area contributed by atoms with Crippen LogP contribution in [0.5, 0.6) is 5.75 Å². The number of carbonyl (C=O) groups is 1. The SMILES string of the molecule is COc1ccccc1N1C(=O)CSC12CCCCC2. The van der Waals surface area contributed by atoms with E-state index in [0.717, 1.165) is 24.3 Å². The van der Waals surface area contributed by atoms with E-state index in [4.69, 9.17) is 4.74 Å². The van der Waals surface area contributed by atoms with Crippen molar-refractivity contribution in [3.63, 3.8) is 0 Å². The van der Waals surface area contributed by atoms with Crippen LogP contribution in [0.1, 0.15) is 32.1 Å². The molecule has 0 aromatic heterocycles. The molecule has 1 aliphatic carbocycles. The third kappa shape index (κ3) is 2.12. The molecule has 1 aromatic carbocycles. The van der Waals surface area contributed by atoms with E-state index in [-0.39, 0.29) is 10.8 Å². The van der Waals surface area contributed by atoms with Crippen molar-refractivity contribution in [2.75, 3.05) is 17.8 Å². The van der Waals surface area contributed by atoms with Crippen LogP contribution < -0.4 is 9.64 Å². The normalized spacial score (nSPS) is 21.9. The van der Waals surface area contributed by atoms with Crippen LogP contribution in [0.2, 0.25) is 0 Å². The van der Waals surface area contributed by atoms with Gasteiger partial charge in [0.25, 0.3) is 0 Å². The zero-order chi connectivity index (χ0) is 13.3. The van der Waals surface area contributed by atoms with Gasteiger partial charge in [-0.1, -0.05) is 31.4 Å². The van der Waals surface area contributed by atoms with Gasteiger partial charge in [-0.25, -0.2) is 0 Å². The van der Waals surface area contributed by atoms with Crippen molar-refractivity contribution < 1.29 is 9.53 Å². The zero-order valence-corrected chi connectivity index (χ0v) is 12.0. The number of ether oxygens (including phenoxy) is 1. The standard InChI is InChI=1S/C15H19NO2S/c1-18-13-8-4-3-7-12(13)16-14(17)11-19-15(16)9-5-2-6-10-15/h3-4,7-8H,2,5-6,9-11H2,1H3. The van der Waals surface area contributed by atoms with E-state index in [9.17, 15) is 4.79 Å². The molecule has 2 fully saturated rings. The average molecular weight is 277 g/mol. The van der Waals surface area contributed by atoms with Crippen molar-refractivity contribution >= 4 is 23.4 Å². The van der Waals surface area contributed by atoms with Crippen LogP contribution in [0.3, 0.4) is 0 Å². The Morgan fingerprint density at radius 1 is 1.21 bits per heavy atom. The summed E-state index contributed by atoms with van der Waals surface area (Å²) in [7, 11) is 1.67. The Morgan fingerprint density at radius 2 is 1.95 bits per heavy atom. The Kier molecular flexibility index (Phi) is 3.44. The van der Waals surface area contributed by atoms with E-state index in [1.165, 1.54) is 19.3 Å². The van der Waals surface area contributed by atoms with E-state index in [1.54, 1.807) is 7.11 Å². The number of hydrogen-bond donors (Lipinski definition) is 0. The van der Waals surface area contributed by atoms with Crippen LogP contribution in [0, 0.1) is 0 Å². The molecule has 0 unspecified atom stereocenters. The van der Waals surface area contributed by atoms with Gasteiger partial charge in [-0.3, -0.25) is 9.69 Å². The molecule has 3 rings (SSSR count). The van der Waals surface area contributed by atoms with Crippen LogP contribution in [0.4, 0.5) is 5.69 Å². The minimum absolute atomic E-state index is 0.0238. The number of methoxy groups -OCH3 is 1. The van der Waals surface area contributed by atoms with Gasteiger partial charge >= 0.3 is 0 Å². The van der Waals surface area contributed by atoms with Gasteiger partial charge in [0.2, 0.25) is 5.91 Å². The molecular weight excluding hydrogens is 258 g/mol. The summed E-state index contributed by atoms with van der Waals surface area (Å²) in [5, 5.41) is 0. The third-order valence-electron chi connectivity index (χ3n) is 4.08. The predicted molar refractivity (Wildman–Crippen MR) is 78.8 cm³/mol. The second-order valence-electron chi connectivity index (χ2n) is 5.20. The Hall–Kier alpha value is -1.16. The van der Waals surface area contributed by atoms with Crippen molar-refractivity contribution in [2.24, 2.45) is 0 Å². The Morgan fingerprint density at radius 3 is 2.68 bits per heavy atom. The van der Waals surface area contributed by atoms with Crippen LogP contribution in [0.15, 0.2) is 24.3 Å². The van der Waals surface area contributed by atoms with Crippen LogP contribution >= 0.6 is 11.8 Å². The summed E-state index contributed by atoms with van der Waals surface area (Å²) < 4.78 is 5.44. The van der Waals surface area contributed by atoms with E-state index >= 15 is 0 Å². The number of carbonyl (C=O) groups excluding carboxylic acids is 1. The Bertz CT molecular complexity index is 483. The first-order chi connectivity index (χ1) is 9.27. The molecule has 1 saturated heterocycles. The molecule has 0 radical (unpaired) electrons. The maximum Gasteiger partial charge on any atom is 0.238 e. The topological polar surface area (TPSA) is 29.5 Å². The summed E-state index contributed by atoms with van der Waals surface area (Å²) in [4.78, 5) is 14.4. The summed E-state index contributed by atoms with van der Waals surface area (Å²) in [6.45, 7) is 0. The molecule has 0 bridgehead atoms. The molecule has 2 aliphatic rings. The molecule has 1 aliphatic heterocycles. The minimum atomic E-state index is -0.0238. The van der Waals surface area contributed by atoms with Gasteiger partial charge in [-0.2, -0.15) is 0 Å². The maximum absolute atomic E-state index is 12.4. The van der Waals surface area contributed by atoms with E-state index in [2.05, 4.69) is 0 Å². The fourth-order valence-corrected chi connectivity index (χ4v) is 4.62. The van der Waals surface area contributed by atoms with Crippen molar-refractivity contribution in [2.45, 2.75) is 37.0 Å². The van der Waals surface area contributed by atoms with Gasteiger partial charge in [0.15, 0.2) is 0 Å². The summed E-state index contributed by atoms with van der Waals surface area (Å²) in [6, 6.07) is 7.86. The number of rotatable bonds is 2. The molecule has 0 N–H and O–H groups in total. The van der Waals surface area contributed by atoms with Crippen LogP contribution in [-0.2, 0) is 4.79 Å². The van der Waals surface area contributed by atoms with Gasteiger partial charge in [-0.15, -0.1) is 11.8 Å². The van der Waals surface area contributed by atoms with Gasteiger partial charge < -0.3 is 4.74 Å². The molecule has 1 aromatic rings. The van der Waals surface area contributed by atoms with Crippen molar-refractivity contribution in [1.82, 2.24) is 0 Å². The minimum Gasteiger partial charge on any atom is -0.495 e. The summed E-state index contributed by atoms with van der Waals surface area (Å²) in [6.07, 6.45) is 5.91. The number of thioether (sulfide) groups is 1. The van der Waals surface area contributed by atoms with Gasteiger partial charge in [0.1, 0.15) is 5.75 Å². The third-order valence-corrected chi connectivity index (χ3v) is 5.60. The number of hydrogen-bond acceptors (Lipinski definition) is 3. The molecule has 1 amide bonds. The lowest BCUT2D eigenvalue weighted by Gasteiger charge is -2.40. The molecule has 0 atom stereocenters. The largest absolute Gasteiger partial charge is 0.495 e. The average Bonchev–Trinajstić information content (AvgIpc) is 2.76. The second kappa shape index (κ2) is 5.08. The first-order valence-corrected chi connectivity index (χ1v) is 7.85. The number of para-hydroxylation sites is 2. The first kappa shape index (κ1) is 12.9. The van der Waals surface area contributed by atoms with Crippen LogP contribution in [0.25, 0.3) is 0 Å². The molecular formula is C15H19NO2S. The summed E-state index contributed by atoms with van der Waals surface area (Å²) in [5.41, 5.74) is 0.932. The van der Waals surface area contributed by atoms with E-state index < -0.39 is 0 Å². The van der Waals surface area contributed by atoms with Crippen molar-refractivity contribution in [3.8, 4) is 5.75 Å². The molecule has 102 valence electrons. The van der Waals surface area contributed by atoms with Crippen LogP contribution in [-0.4, -0.2) is 23.6 Å². The smallest absolute Gasteiger partial charge is 0.238 e. The highest BCUT2D eigenvalue weighted by Crippen LogP contribution is 2.50. The number of anilines is 1. The fourth-order valence-electron chi connectivity index (χ4n) is 3.19. The fraction of sp³-hybridized carbons (Fsp3) is 0.533. The van der Waals surface area contributed by atoms with Gasteiger partial charge in [0.05, 0.1) is 23.4 Å². The number of nitrogens with zero attached hydrogens (tertiary/aromatic N) is 1. The Balaban J connectivity index is 2.02. The zero-order valence-electron chi connectivity index (χ0n) is 11.2. The van der Waals surface area contributed by atoms with E-state index in [0.29, 0.717) is 5.75 Å². The molecule has 1 spiro atoms. The molecule has 1 heterocycles. The maximum atomic E-state index is 12.4. The monoisotopic (exact) mass is 277 g/mol. The molecule has 19 heavy (non-hydrogen) atoms. The molecule has 3 nitrogen and oxygen atoms in total. The lowest BCUT2D eigenvalue weighted by Crippen LogP contribution is -2.46. The molecule has 1 saturated carbocycles. The summed E-state index contributed by atoms with van der Waals surface area (Å²) >= 11 is 1.82. The predicted octanol–water partition coefficient (Wildman–Crippen LogP) is 3.44. The van der Waals surface area contributed by atoms with E-state index in [1.807, 2.05) is 40.9 Å². The second-order valence-corrected chi connectivity index (χ2v) is 6.53. The number of benzene rings is 1. The highest BCUT2D eigenvalue weighted by Gasteiger charge is 2.48. The van der Waals surface area contributed by atoms with Crippen molar-refractivity contribution in [1.29, 1.82) is 0 Å². The number of amides is 1. The van der Waals surface area contributed by atoms with Gasteiger partial charge in [0, 0.05) is 0 Å². The lowest BCUT2D eigenvalue weighted by molar-refractivity contribution is -0.116.